The van der Waals surface area contributed by atoms with Crippen molar-refractivity contribution in [1.29, 1.82) is 0 Å². The number of benzene rings is 1. The van der Waals surface area contributed by atoms with Gasteiger partial charge in [-0.3, -0.25) is 9.59 Å². The van der Waals surface area contributed by atoms with Gasteiger partial charge >= 0.3 is 0 Å². The smallest absolute Gasteiger partial charge is 0.236 e. The molecule has 0 atom stereocenters. The highest BCUT2D eigenvalue weighted by molar-refractivity contribution is 8.13. The zero-order valence-electron chi connectivity index (χ0n) is 14.3. The molecule has 0 fully saturated rings. The van der Waals surface area contributed by atoms with Gasteiger partial charge in [0, 0.05) is 28.3 Å². The Kier molecular flexibility index (Phi) is 7.79. The summed E-state index contributed by atoms with van der Waals surface area (Å²) in [4.78, 5) is 23.0. The van der Waals surface area contributed by atoms with Crippen LogP contribution in [0.2, 0.25) is 0 Å². The van der Waals surface area contributed by atoms with E-state index >= 15 is 0 Å². The number of unbranched alkanes of at least 4 members (excludes halogenated alkanes) is 3. The first-order valence-electron chi connectivity index (χ1n) is 8.43. The van der Waals surface area contributed by atoms with E-state index in [1.165, 1.54) is 23.1 Å². The molecule has 1 heterocycles. The molecule has 2 aromatic rings. The Morgan fingerprint density at radius 1 is 1.21 bits per heavy atom. The van der Waals surface area contributed by atoms with Gasteiger partial charge in [-0.25, -0.2) is 0 Å². The van der Waals surface area contributed by atoms with E-state index in [0.717, 1.165) is 47.1 Å². The maximum Gasteiger partial charge on any atom is 0.236 e. The number of thioether (sulfide) groups is 1. The zero-order chi connectivity index (χ0) is 17.4. The summed E-state index contributed by atoms with van der Waals surface area (Å²) in [5.74, 6) is 1.62. The molecule has 3 nitrogen and oxygen atoms in total. The lowest BCUT2D eigenvalue weighted by Crippen LogP contribution is -2.02. The number of ether oxygens (including phenoxy) is 1. The SMILES string of the molecule is CCC(=O)SCCCCCCOc1cc(=O)sc2cccc(C)c12. The highest BCUT2D eigenvalue weighted by Gasteiger charge is 2.07. The molecule has 0 N–H and O–H groups in total. The Bertz CT molecular complexity index is 737. The van der Waals surface area contributed by atoms with Crippen molar-refractivity contribution >= 4 is 38.3 Å². The van der Waals surface area contributed by atoms with Crippen LogP contribution >= 0.6 is 23.1 Å². The number of rotatable bonds is 9. The Labute approximate surface area is 151 Å². The van der Waals surface area contributed by atoms with Gasteiger partial charge in [0.15, 0.2) is 5.12 Å². The molecule has 1 aromatic heterocycles. The van der Waals surface area contributed by atoms with Crippen LogP contribution in [-0.4, -0.2) is 17.5 Å². The van der Waals surface area contributed by atoms with Crippen LogP contribution in [0.5, 0.6) is 5.75 Å². The van der Waals surface area contributed by atoms with Gasteiger partial charge in [-0.15, -0.1) is 0 Å². The third-order valence-corrected chi connectivity index (χ3v) is 5.77. The van der Waals surface area contributed by atoms with Crippen molar-refractivity contribution < 1.29 is 9.53 Å². The monoisotopic (exact) mass is 364 g/mol. The van der Waals surface area contributed by atoms with Gasteiger partial charge in [0.1, 0.15) is 5.75 Å². The Morgan fingerprint density at radius 3 is 2.79 bits per heavy atom. The molecule has 1 aromatic carbocycles. The van der Waals surface area contributed by atoms with Crippen LogP contribution < -0.4 is 9.48 Å². The van der Waals surface area contributed by atoms with Gasteiger partial charge in [-0.1, -0.05) is 55.0 Å². The summed E-state index contributed by atoms with van der Waals surface area (Å²) in [5, 5.41) is 1.33. The molecular formula is C19H24O3S2. The van der Waals surface area contributed by atoms with Crippen molar-refractivity contribution in [2.75, 3.05) is 12.4 Å². The van der Waals surface area contributed by atoms with Crippen molar-refractivity contribution in [1.82, 2.24) is 0 Å². The lowest BCUT2D eigenvalue weighted by Gasteiger charge is -2.10. The molecule has 0 unspecified atom stereocenters. The van der Waals surface area contributed by atoms with E-state index in [-0.39, 0.29) is 9.86 Å². The molecule has 0 spiro atoms. The minimum atomic E-state index is 0.0284. The third kappa shape index (κ3) is 5.64. The standard InChI is InChI=1S/C19H24O3S2/c1-3-17(20)23-12-7-5-4-6-11-22-15-13-18(21)24-16-10-8-9-14(2)19(15)16/h8-10,13H,3-7,11-12H2,1-2H3. The average molecular weight is 365 g/mol. The predicted octanol–water partition coefficient (Wildman–Crippen LogP) is 5.18. The largest absolute Gasteiger partial charge is 0.493 e. The number of carbonyl (C=O) groups is 1. The molecule has 5 heteroatoms. The fourth-order valence-electron chi connectivity index (χ4n) is 2.50. The third-order valence-electron chi connectivity index (χ3n) is 3.79. The van der Waals surface area contributed by atoms with E-state index in [0.29, 0.717) is 18.8 Å². The van der Waals surface area contributed by atoms with E-state index in [1.807, 2.05) is 32.0 Å². The first kappa shape index (κ1) is 19.0. The van der Waals surface area contributed by atoms with Gasteiger partial charge < -0.3 is 4.74 Å². The highest BCUT2D eigenvalue weighted by Crippen LogP contribution is 2.29. The molecule has 0 aliphatic carbocycles. The maximum absolute atomic E-state index is 11.8. The van der Waals surface area contributed by atoms with Gasteiger partial charge in [0.2, 0.25) is 4.74 Å². The minimum absolute atomic E-state index is 0.0284. The van der Waals surface area contributed by atoms with Gasteiger partial charge in [0.25, 0.3) is 0 Å². The van der Waals surface area contributed by atoms with Crippen LogP contribution in [0.1, 0.15) is 44.6 Å². The molecule has 0 saturated carbocycles. The Hall–Kier alpha value is -1.33. The predicted molar refractivity (Wildman–Crippen MR) is 105 cm³/mol. The van der Waals surface area contributed by atoms with Gasteiger partial charge in [-0.05, 0) is 31.4 Å². The van der Waals surface area contributed by atoms with E-state index in [4.69, 9.17) is 4.74 Å². The summed E-state index contributed by atoms with van der Waals surface area (Å²) in [7, 11) is 0. The fourth-order valence-corrected chi connectivity index (χ4v) is 4.17. The second kappa shape index (κ2) is 9.84. The van der Waals surface area contributed by atoms with Crippen molar-refractivity contribution in [3.8, 4) is 5.75 Å². The molecule has 0 bridgehead atoms. The van der Waals surface area contributed by atoms with Crippen molar-refractivity contribution in [3.05, 3.63) is 39.4 Å². The summed E-state index contributed by atoms with van der Waals surface area (Å²) in [5.41, 5.74) is 1.14. The summed E-state index contributed by atoms with van der Waals surface area (Å²) in [6.07, 6.45) is 4.84. The number of hydrogen-bond acceptors (Lipinski definition) is 5. The van der Waals surface area contributed by atoms with Crippen LogP contribution in [-0.2, 0) is 4.79 Å². The lowest BCUT2D eigenvalue weighted by molar-refractivity contribution is -0.110. The lowest BCUT2D eigenvalue weighted by atomic mass is 10.1. The van der Waals surface area contributed by atoms with Crippen LogP contribution in [0.3, 0.4) is 0 Å². The number of carbonyl (C=O) groups excluding carboxylic acids is 1. The number of hydrogen-bond donors (Lipinski definition) is 0. The summed E-state index contributed by atoms with van der Waals surface area (Å²) in [6.45, 7) is 4.57. The van der Waals surface area contributed by atoms with Crippen LogP contribution in [0, 0.1) is 6.92 Å². The van der Waals surface area contributed by atoms with Crippen LogP contribution in [0.25, 0.3) is 10.1 Å². The molecule has 0 amide bonds. The maximum atomic E-state index is 11.8. The van der Waals surface area contributed by atoms with E-state index in [2.05, 4.69) is 0 Å². The average Bonchev–Trinajstić information content (AvgIpc) is 2.56. The zero-order valence-corrected chi connectivity index (χ0v) is 15.9. The molecule has 130 valence electrons. The molecule has 24 heavy (non-hydrogen) atoms. The molecular weight excluding hydrogens is 340 g/mol. The van der Waals surface area contributed by atoms with Crippen LogP contribution in [0.4, 0.5) is 0 Å². The molecule has 2 rings (SSSR count). The fraction of sp³-hybridized carbons (Fsp3) is 0.474. The molecule has 0 aliphatic rings. The Morgan fingerprint density at radius 2 is 2.00 bits per heavy atom. The quantitative estimate of drug-likeness (QED) is 0.575. The van der Waals surface area contributed by atoms with Crippen molar-refractivity contribution in [2.24, 2.45) is 0 Å². The van der Waals surface area contributed by atoms with Crippen LogP contribution in [0.15, 0.2) is 29.1 Å². The van der Waals surface area contributed by atoms with Crippen molar-refractivity contribution in [2.45, 2.75) is 46.0 Å². The molecule has 0 aliphatic heterocycles. The van der Waals surface area contributed by atoms with E-state index < -0.39 is 0 Å². The second-order valence-electron chi connectivity index (χ2n) is 5.71. The minimum Gasteiger partial charge on any atom is -0.493 e. The van der Waals surface area contributed by atoms with Gasteiger partial charge in [0.05, 0.1) is 6.61 Å². The summed E-state index contributed by atoms with van der Waals surface area (Å²) >= 11 is 2.70. The first-order valence-corrected chi connectivity index (χ1v) is 10.2. The highest BCUT2D eigenvalue weighted by atomic mass is 32.2. The van der Waals surface area contributed by atoms with E-state index in [1.54, 1.807) is 6.07 Å². The number of aryl methyl sites for hydroxylation is 1. The summed E-state index contributed by atoms with van der Waals surface area (Å²) in [6, 6.07) is 7.59. The first-order chi connectivity index (χ1) is 11.6. The van der Waals surface area contributed by atoms with E-state index in [9.17, 15) is 9.59 Å². The molecule has 0 saturated heterocycles. The Balaban J connectivity index is 1.78. The summed E-state index contributed by atoms with van der Waals surface area (Å²) < 4.78 is 6.90. The molecule has 0 radical (unpaired) electrons. The normalized spacial score (nSPS) is 10.9. The van der Waals surface area contributed by atoms with Crippen molar-refractivity contribution in [3.63, 3.8) is 0 Å². The topological polar surface area (TPSA) is 43.4 Å². The van der Waals surface area contributed by atoms with Gasteiger partial charge in [-0.2, -0.15) is 0 Å². The second-order valence-corrected chi connectivity index (χ2v) is 7.91. The number of fused-ring (bicyclic) bond motifs is 1.